The number of halogens is 4. The van der Waals surface area contributed by atoms with Gasteiger partial charge in [-0.2, -0.15) is 0 Å². The van der Waals surface area contributed by atoms with E-state index in [1.165, 1.54) is 0 Å². The van der Waals surface area contributed by atoms with Crippen molar-refractivity contribution < 1.29 is 0 Å². The van der Waals surface area contributed by atoms with Gasteiger partial charge in [-0.15, -0.1) is 10.2 Å². The van der Waals surface area contributed by atoms with E-state index in [9.17, 15) is 0 Å². The van der Waals surface area contributed by atoms with Crippen LogP contribution in [0.4, 0.5) is 0 Å². The molecule has 1 heterocycles. The van der Waals surface area contributed by atoms with E-state index < -0.39 is 0 Å². The van der Waals surface area contributed by atoms with Gasteiger partial charge in [-0.1, -0.05) is 64.2 Å². The predicted octanol–water partition coefficient (Wildman–Crippen LogP) is 6.87. The van der Waals surface area contributed by atoms with E-state index in [1.807, 2.05) is 29.7 Å². The summed E-state index contributed by atoms with van der Waals surface area (Å²) < 4.78 is 2.04. The smallest absolute Gasteiger partial charge is 0.191 e. The van der Waals surface area contributed by atoms with Gasteiger partial charge in [0.1, 0.15) is 0 Å². The number of hydrogen-bond acceptors (Lipinski definition) is 3. The summed E-state index contributed by atoms with van der Waals surface area (Å²) in [5.41, 5.74) is 1.95. The molecule has 3 aromatic rings. The third kappa shape index (κ3) is 4.26. The Hall–Kier alpha value is -0.910. The highest BCUT2D eigenvalue weighted by Crippen LogP contribution is 2.31. The summed E-state index contributed by atoms with van der Waals surface area (Å²) in [5.74, 6) is 1.48. The second kappa shape index (κ2) is 8.19. The molecular weight excluding hydrogens is 420 g/mol. The maximum absolute atomic E-state index is 6.12. The van der Waals surface area contributed by atoms with Crippen molar-refractivity contribution in [1.82, 2.24) is 14.8 Å². The Balaban J connectivity index is 1.84. The molecule has 3 rings (SSSR count). The average Bonchev–Trinajstić information content (AvgIpc) is 3.01. The molecule has 2 aromatic carbocycles. The number of hydrogen-bond donors (Lipinski definition) is 0. The van der Waals surface area contributed by atoms with Crippen LogP contribution in [0.25, 0.3) is 11.4 Å². The van der Waals surface area contributed by atoms with Gasteiger partial charge in [0.05, 0.1) is 20.1 Å². The molecular formula is C17H13Cl4N3S. The lowest BCUT2D eigenvalue weighted by molar-refractivity contribution is 0.687. The number of benzene rings is 2. The molecule has 8 heteroatoms. The largest absolute Gasteiger partial charge is 0.302 e. The van der Waals surface area contributed by atoms with Crippen LogP contribution in [0.3, 0.4) is 0 Å². The van der Waals surface area contributed by atoms with Crippen molar-refractivity contribution in [3.05, 3.63) is 62.1 Å². The van der Waals surface area contributed by atoms with Crippen LogP contribution in [0.1, 0.15) is 12.5 Å². The van der Waals surface area contributed by atoms with Crippen LogP contribution in [0.5, 0.6) is 0 Å². The van der Waals surface area contributed by atoms with Crippen molar-refractivity contribution in [2.75, 3.05) is 0 Å². The first-order valence-corrected chi connectivity index (χ1v) is 9.94. The molecule has 0 fully saturated rings. The molecule has 1 aromatic heterocycles. The van der Waals surface area contributed by atoms with Crippen molar-refractivity contribution in [3.63, 3.8) is 0 Å². The quantitative estimate of drug-likeness (QED) is 0.412. The molecule has 0 amide bonds. The number of aromatic nitrogens is 3. The van der Waals surface area contributed by atoms with E-state index in [0.717, 1.165) is 34.4 Å². The average molecular weight is 433 g/mol. The number of nitrogens with zero attached hydrogens (tertiary/aromatic N) is 3. The van der Waals surface area contributed by atoms with E-state index in [-0.39, 0.29) is 0 Å². The second-order valence-electron chi connectivity index (χ2n) is 5.22. The van der Waals surface area contributed by atoms with Gasteiger partial charge in [0.15, 0.2) is 11.0 Å². The summed E-state index contributed by atoms with van der Waals surface area (Å²) in [4.78, 5) is 0. The molecule has 130 valence electrons. The summed E-state index contributed by atoms with van der Waals surface area (Å²) in [5, 5.41) is 11.6. The second-order valence-corrected chi connectivity index (χ2v) is 7.79. The number of rotatable bonds is 5. The molecule has 0 radical (unpaired) electrons. The highest BCUT2D eigenvalue weighted by molar-refractivity contribution is 7.98. The fourth-order valence-electron chi connectivity index (χ4n) is 2.31. The maximum Gasteiger partial charge on any atom is 0.191 e. The van der Waals surface area contributed by atoms with Gasteiger partial charge in [-0.25, -0.2) is 0 Å². The maximum atomic E-state index is 6.12. The van der Waals surface area contributed by atoms with Crippen LogP contribution in [0.15, 0.2) is 41.6 Å². The lowest BCUT2D eigenvalue weighted by Gasteiger charge is -2.08. The summed E-state index contributed by atoms with van der Waals surface area (Å²) in [6.07, 6.45) is 0. The van der Waals surface area contributed by atoms with Crippen molar-refractivity contribution in [2.45, 2.75) is 24.4 Å². The number of thioether (sulfide) groups is 1. The van der Waals surface area contributed by atoms with Gasteiger partial charge < -0.3 is 4.57 Å². The van der Waals surface area contributed by atoms with Crippen molar-refractivity contribution in [2.24, 2.45) is 0 Å². The molecule has 0 aliphatic carbocycles. The molecule has 0 bridgehead atoms. The molecule has 0 aliphatic heterocycles. The molecule has 0 aliphatic rings. The molecule has 0 unspecified atom stereocenters. The summed E-state index contributed by atoms with van der Waals surface area (Å²) >= 11 is 25.7. The van der Waals surface area contributed by atoms with Gasteiger partial charge in [0.2, 0.25) is 0 Å². The van der Waals surface area contributed by atoms with E-state index in [1.54, 1.807) is 30.0 Å². The van der Waals surface area contributed by atoms with Gasteiger partial charge in [-0.3, -0.25) is 0 Å². The van der Waals surface area contributed by atoms with Gasteiger partial charge >= 0.3 is 0 Å². The lowest BCUT2D eigenvalue weighted by Crippen LogP contribution is -2.00. The summed E-state index contributed by atoms with van der Waals surface area (Å²) in [6, 6.07) is 11.1. The van der Waals surface area contributed by atoms with Crippen LogP contribution >= 0.6 is 58.2 Å². The first kappa shape index (κ1) is 18.9. The lowest BCUT2D eigenvalue weighted by atomic mass is 10.2. The van der Waals surface area contributed by atoms with Crippen molar-refractivity contribution >= 4 is 58.2 Å². The van der Waals surface area contributed by atoms with Crippen molar-refractivity contribution in [1.29, 1.82) is 0 Å². The van der Waals surface area contributed by atoms with Gasteiger partial charge in [-0.05, 0) is 42.8 Å². The molecule has 0 atom stereocenters. The fourth-order valence-corrected chi connectivity index (χ4v) is 3.87. The van der Waals surface area contributed by atoms with Crippen LogP contribution < -0.4 is 0 Å². The Morgan fingerprint density at radius 2 is 1.56 bits per heavy atom. The molecule has 25 heavy (non-hydrogen) atoms. The van der Waals surface area contributed by atoms with Crippen molar-refractivity contribution in [3.8, 4) is 11.4 Å². The SMILES string of the molecule is CCn1c(SCc2ccc(Cl)c(Cl)c2)nnc1-c1ccc(Cl)c(Cl)c1. The zero-order valence-corrected chi connectivity index (χ0v) is 17.0. The minimum Gasteiger partial charge on any atom is -0.302 e. The van der Waals surface area contributed by atoms with Gasteiger partial charge in [0.25, 0.3) is 0 Å². The first-order chi connectivity index (χ1) is 12.0. The van der Waals surface area contributed by atoms with Crippen LogP contribution in [-0.2, 0) is 12.3 Å². The van der Waals surface area contributed by atoms with Crippen LogP contribution in [0.2, 0.25) is 20.1 Å². The Morgan fingerprint density at radius 1 is 0.880 bits per heavy atom. The zero-order chi connectivity index (χ0) is 18.0. The van der Waals surface area contributed by atoms with Crippen LogP contribution in [-0.4, -0.2) is 14.8 Å². The Morgan fingerprint density at radius 3 is 2.20 bits per heavy atom. The Labute approximate surface area is 170 Å². The highest BCUT2D eigenvalue weighted by Gasteiger charge is 2.14. The standard InChI is InChI=1S/C17H13Cl4N3S/c1-2-24-16(11-4-6-13(19)15(21)8-11)22-23-17(24)25-9-10-3-5-12(18)14(20)7-10/h3-8H,2,9H2,1H3. The highest BCUT2D eigenvalue weighted by atomic mass is 35.5. The summed E-state index contributed by atoms with van der Waals surface area (Å²) in [7, 11) is 0. The molecule has 0 saturated carbocycles. The van der Waals surface area contributed by atoms with E-state index in [2.05, 4.69) is 10.2 Å². The predicted molar refractivity (Wildman–Crippen MR) is 107 cm³/mol. The molecule has 0 saturated heterocycles. The van der Waals surface area contributed by atoms with Gasteiger partial charge in [0, 0.05) is 17.9 Å². The summed E-state index contributed by atoms with van der Waals surface area (Å²) in [6.45, 7) is 2.79. The minimum atomic E-state index is 0.495. The van der Waals surface area contributed by atoms with E-state index in [0.29, 0.717) is 20.1 Å². The molecule has 0 spiro atoms. The normalized spacial score (nSPS) is 11.1. The third-order valence-corrected chi connectivity index (χ3v) is 6.08. The Bertz CT molecular complexity index is 911. The third-order valence-electron chi connectivity index (χ3n) is 3.56. The Kier molecular flexibility index (Phi) is 6.18. The zero-order valence-electron chi connectivity index (χ0n) is 13.1. The molecule has 3 nitrogen and oxygen atoms in total. The fraction of sp³-hybridized carbons (Fsp3) is 0.176. The van der Waals surface area contributed by atoms with Crippen LogP contribution in [0, 0.1) is 0 Å². The topological polar surface area (TPSA) is 30.7 Å². The van der Waals surface area contributed by atoms with E-state index >= 15 is 0 Å². The minimum absolute atomic E-state index is 0.495. The molecule has 0 N–H and O–H groups in total. The first-order valence-electron chi connectivity index (χ1n) is 7.45. The van der Waals surface area contributed by atoms with E-state index in [4.69, 9.17) is 46.4 Å². The monoisotopic (exact) mass is 431 g/mol.